The summed E-state index contributed by atoms with van der Waals surface area (Å²) in [5.41, 5.74) is 6.71. The van der Waals surface area contributed by atoms with Crippen molar-refractivity contribution >= 4 is 5.91 Å². The molecule has 0 aromatic carbocycles. The minimum atomic E-state index is -0.713. The Bertz CT molecular complexity index is 428. The molecule has 2 N–H and O–H groups in total. The number of carbonyl (C=O) groups is 1. The van der Waals surface area contributed by atoms with Crippen molar-refractivity contribution in [2.24, 2.45) is 5.73 Å². The molecule has 1 aromatic heterocycles. The van der Waals surface area contributed by atoms with E-state index in [-0.39, 0.29) is 11.9 Å². The summed E-state index contributed by atoms with van der Waals surface area (Å²) in [4.78, 5) is 18.7. The molecule has 4 nitrogen and oxygen atoms in total. The molecular formula is C15H23N3O. The predicted octanol–water partition coefficient (Wildman–Crippen LogP) is 2.26. The normalized spacial score (nSPS) is 19.7. The molecule has 0 saturated carbocycles. The number of hydrogen-bond acceptors (Lipinski definition) is 3. The van der Waals surface area contributed by atoms with Gasteiger partial charge >= 0.3 is 0 Å². The number of nitrogens with zero attached hydrogens (tertiary/aromatic N) is 2. The van der Waals surface area contributed by atoms with Gasteiger partial charge in [0.1, 0.15) is 0 Å². The van der Waals surface area contributed by atoms with E-state index in [2.05, 4.69) is 4.98 Å². The number of amides is 1. The topological polar surface area (TPSA) is 59.2 Å². The number of nitrogens with two attached hydrogens (primary N) is 1. The lowest BCUT2D eigenvalue weighted by molar-refractivity contribution is -0.138. The van der Waals surface area contributed by atoms with Crippen LogP contribution in [0.15, 0.2) is 24.5 Å². The van der Waals surface area contributed by atoms with Crippen LogP contribution in [0.5, 0.6) is 0 Å². The number of rotatable bonds is 4. The number of aromatic nitrogens is 1. The zero-order valence-corrected chi connectivity index (χ0v) is 11.8. The minimum absolute atomic E-state index is 0.0943. The van der Waals surface area contributed by atoms with Gasteiger partial charge in [-0.2, -0.15) is 0 Å². The van der Waals surface area contributed by atoms with Crippen molar-refractivity contribution in [2.45, 2.75) is 51.1 Å². The first-order valence-electron chi connectivity index (χ1n) is 7.12. The smallest absolute Gasteiger partial charge is 0.243 e. The summed E-state index contributed by atoms with van der Waals surface area (Å²) in [6.07, 6.45) is 6.99. The van der Waals surface area contributed by atoms with E-state index in [0.717, 1.165) is 24.9 Å². The second-order valence-corrected chi connectivity index (χ2v) is 5.30. The highest BCUT2D eigenvalue weighted by Gasteiger charge is 2.39. The van der Waals surface area contributed by atoms with Gasteiger partial charge in [-0.05, 0) is 43.4 Å². The molecule has 0 aliphatic carbocycles. The molecule has 1 fully saturated rings. The van der Waals surface area contributed by atoms with Crippen molar-refractivity contribution < 1.29 is 4.79 Å². The molecule has 104 valence electrons. The summed E-state index contributed by atoms with van der Waals surface area (Å²) in [5, 5.41) is 0. The van der Waals surface area contributed by atoms with Crippen molar-refractivity contribution in [2.75, 3.05) is 6.54 Å². The van der Waals surface area contributed by atoms with Gasteiger partial charge in [0.2, 0.25) is 5.91 Å². The minimum Gasteiger partial charge on any atom is -0.334 e. The first-order valence-corrected chi connectivity index (χ1v) is 7.12. The van der Waals surface area contributed by atoms with Gasteiger partial charge in [0.05, 0.1) is 11.6 Å². The van der Waals surface area contributed by atoms with Crippen LogP contribution in [-0.2, 0) is 4.79 Å². The molecule has 0 radical (unpaired) electrons. The summed E-state index contributed by atoms with van der Waals surface area (Å²) < 4.78 is 0. The van der Waals surface area contributed by atoms with E-state index in [4.69, 9.17) is 5.73 Å². The summed E-state index contributed by atoms with van der Waals surface area (Å²) >= 11 is 0. The van der Waals surface area contributed by atoms with Crippen LogP contribution < -0.4 is 5.73 Å². The Balaban J connectivity index is 2.22. The molecule has 2 heterocycles. The van der Waals surface area contributed by atoms with E-state index in [1.807, 2.05) is 30.9 Å². The molecule has 4 heteroatoms. The molecular weight excluding hydrogens is 238 g/mol. The van der Waals surface area contributed by atoms with Crippen LogP contribution in [0.3, 0.4) is 0 Å². The highest BCUT2D eigenvalue weighted by Crippen LogP contribution is 2.34. The van der Waals surface area contributed by atoms with E-state index in [1.165, 1.54) is 0 Å². The predicted molar refractivity (Wildman–Crippen MR) is 75.4 cm³/mol. The average Bonchev–Trinajstić information content (AvgIpc) is 2.95. The first kappa shape index (κ1) is 14.0. The maximum Gasteiger partial charge on any atom is 0.243 e. The van der Waals surface area contributed by atoms with Crippen LogP contribution >= 0.6 is 0 Å². The van der Waals surface area contributed by atoms with Crippen LogP contribution in [0.4, 0.5) is 0 Å². The molecule has 1 aromatic rings. The molecule has 1 aliphatic rings. The molecule has 1 saturated heterocycles. The third-order valence-corrected chi connectivity index (χ3v) is 4.29. The maximum atomic E-state index is 12.7. The van der Waals surface area contributed by atoms with Gasteiger partial charge < -0.3 is 10.6 Å². The maximum absolute atomic E-state index is 12.7. The van der Waals surface area contributed by atoms with Gasteiger partial charge in [-0.25, -0.2) is 0 Å². The van der Waals surface area contributed by atoms with Crippen molar-refractivity contribution in [3.05, 3.63) is 30.1 Å². The molecule has 2 rings (SSSR count). The Hall–Kier alpha value is -1.42. The van der Waals surface area contributed by atoms with Crippen LogP contribution in [0.25, 0.3) is 0 Å². The van der Waals surface area contributed by atoms with E-state index in [1.54, 1.807) is 12.4 Å². The monoisotopic (exact) mass is 261 g/mol. The van der Waals surface area contributed by atoms with Gasteiger partial charge in [0, 0.05) is 18.9 Å². The third-order valence-electron chi connectivity index (χ3n) is 4.29. The van der Waals surface area contributed by atoms with E-state index in [9.17, 15) is 4.79 Å². The second-order valence-electron chi connectivity index (χ2n) is 5.30. The van der Waals surface area contributed by atoms with Gasteiger partial charge in [0.25, 0.3) is 0 Å². The lowest BCUT2D eigenvalue weighted by Crippen LogP contribution is -2.54. The van der Waals surface area contributed by atoms with E-state index < -0.39 is 5.54 Å². The summed E-state index contributed by atoms with van der Waals surface area (Å²) in [5.74, 6) is 0.0943. The van der Waals surface area contributed by atoms with Crippen molar-refractivity contribution in [3.8, 4) is 0 Å². The summed E-state index contributed by atoms with van der Waals surface area (Å²) in [6.45, 7) is 4.78. The highest BCUT2D eigenvalue weighted by atomic mass is 16.2. The molecule has 19 heavy (non-hydrogen) atoms. The lowest BCUT2D eigenvalue weighted by Gasteiger charge is -2.34. The lowest BCUT2D eigenvalue weighted by atomic mass is 9.91. The summed E-state index contributed by atoms with van der Waals surface area (Å²) in [6, 6.07) is 4.15. The average molecular weight is 261 g/mol. The third kappa shape index (κ3) is 2.63. The van der Waals surface area contributed by atoms with Crippen molar-refractivity contribution in [1.29, 1.82) is 0 Å². The standard InChI is InChI=1S/C15H23N3O/c1-3-15(16,4-2)14(19)18-11-5-6-13(18)12-7-9-17-10-8-12/h7-10,13H,3-6,11,16H2,1-2H3. The Kier molecular flexibility index (Phi) is 4.20. The number of pyridine rings is 1. The Morgan fingerprint density at radius 1 is 1.42 bits per heavy atom. The zero-order chi connectivity index (χ0) is 13.9. The quantitative estimate of drug-likeness (QED) is 0.904. The van der Waals surface area contributed by atoms with Crippen LogP contribution in [0.2, 0.25) is 0 Å². The Morgan fingerprint density at radius 3 is 2.63 bits per heavy atom. The van der Waals surface area contributed by atoms with Crippen LogP contribution in [-0.4, -0.2) is 27.9 Å². The highest BCUT2D eigenvalue weighted by molar-refractivity contribution is 5.86. The van der Waals surface area contributed by atoms with Gasteiger partial charge in [0.15, 0.2) is 0 Å². The first-order chi connectivity index (χ1) is 9.12. The largest absolute Gasteiger partial charge is 0.334 e. The van der Waals surface area contributed by atoms with Crippen LogP contribution in [0, 0.1) is 0 Å². The van der Waals surface area contributed by atoms with Gasteiger partial charge in [-0.1, -0.05) is 13.8 Å². The molecule has 1 unspecified atom stereocenters. The second kappa shape index (κ2) is 5.70. The number of carbonyl (C=O) groups excluding carboxylic acids is 1. The molecule has 0 spiro atoms. The summed E-state index contributed by atoms with van der Waals surface area (Å²) in [7, 11) is 0. The Morgan fingerprint density at radius 2 is 2.05 bits per heavy atom. The SMILES string of the molecule is CCC(N)(CC)C(=O)N1CCCC1c1ccncc1. The van der Waals surface area contributed by atoms with Crippen LogP contribution in [0.1, 0.15) is 51.1 Å². The molecule has 0 bridgehead atoms. The molecule has 1 aliphatic heterocycles. The van der Waals surface area contributed by atoms with E-state index in [0.29, 0.717) is 12.8 Å². The fraction of sp³-hybridized carbons (Fsp3) is 0.600. The van der Waals surface area contributed by atoms with Gasteiger partial charge in [-0.15, -0.1) is 0 Å². The fourth-order valence-corrected chi connectivity index (χ4v) is 2.78. The van der Waals surface area contributed by atoms with Crippen molar-refractivity contribution in [3.63, 3.8) is 0 Å². The fourth-order valence-electron chi connectivity index (χ4n) is 2.78. The molecule has 1 amide bonds. The van der Waals surface area contributed by atoms with Crippen molar-refractivity contribution in [1.82, 2.24) is 9.88 Å². The number of hydrogen-bond donors (Lipinski definition) is 1. The molecule has 1 atom stereocenters. The van der Waals surface area contributed by atoms with E-state index >= 15 is 0 Å². The zero-order valence-electron chi connectivity index (χ0n) is 11.8. The van der Waals surface area contributed by atoms with Gasteiger partial charge in [-0.3, -0.25) is 9.78 Å². The number of likely N-dealkylation sites (tertiary alicyclic amines) is 1. The Labute approximate surface area is 115 Å².